The number of rotatable bonds is 2. The fourth-order valence-electron chi connectivity index (χ4n) is 1.81. The van der Waals surface area contributed by atoms with Crippen molar-refractivity contribution < 1.29 is 21.7 Å². The standard InChI is InChI=1S/C13H14.2C4H11Si.Ti/c1-13(2,11-7-3-4-8-11)12-9-5-6-10-12;2*1-5(2,3)4;/h3,5,7,9H,4,6H2,1-2H3;2*1H2,2-4H3;/q-2;2*-1;+4. The molecule has 0 N–H and O–H groups in total. The minimum atomic E-state index is -0.861. The van der Waals surface area contributed by atoms with Crippen LogP contribution in [0.25, 0.3) is 0 Å². The van der Waals surface area contributed by atoms with Gasteiger partial charge >= 0.3 is 21.7 Å². The molecule has 2 aliphatic carbocycles. The van der Waals surface area contributed by atoms with Crippen LogP contribution in [0.4, 0.5) is 0 Å². The van der Waals surface area contributed by atoms with Gasteiger partial charge in [-0.05, 0) is 0 Å². The first kappa shape index (κ1) is 26.3. The van der Waals surface area contributed by atoms with Gasteiger partial charge in [0.2, 0.25) is 0 Å². The maximum Gasteiger partial charge on any atom is 4.00 e. The molecule has 0 aromatic rings. The molecule has 0 aromatic heterocycles. The van der Waals surface area contributed by atoms with Crippen LogP contribution in [-0.2, 0) is 21.7 Å². The largest absolute Gasteiger partial charge is 4.00 e. The van der Waals surface area contributed by atoms with Crippen LogP contribution in [-0.4, -0.2) is 16.1 Å². The van der Waals surface area contributed by atoms with E-state index < -0.39 is 16.1 Å². The molecule has 0 spiro atoms. The summed E-state index contributed by atoms with van der Waals surface area (Å²) in [6, 6.07) is 0. The van der Waals surface area contributed by atoms with Crippen LogP contribution < -0.4 is 0 Å². The van der Waals surface area contributed by atoms with Gasteiger partial charge in [-0.3, -0.25) is 12.2 Å². The third kappa shape index (κ3) is 14.5. The zero-order valence-corrected chi connectivity index (χ0v) is 20.7. The van der Waals surface area contributed by atoms with Gasteiger partial charge in [-0.25, -0.2) is 23.3 Å². The monoisotopic (exact) mass is 392 g/mol. The van der Waals surface area contributed by atoms with E-state index >= 15 is 0 Å². The second-order valence-electron chi connectivity index (χ2n) is 9.14. The molecule has 0 atom stereocenters. The summed E-state index contributed by atoms with van der Waals surface area (Å²) in [6.45, 7) is 25.6. The first-order valence-corrected chi connectivity index (χ1v) is 15.9. The molecule has 0 heterocycles. The van der Waals surface area contributed by atoms with E-state index in [1.807, 2.05) is 0 Å². The zero-order chi connectivity index (χ0) is 18.3. The Morgan fingerprint density at radius 3 is 1.21 bits per heavy atom. The molecule has 0 radical (unpaired) electrons. The molecule has 0 fully saturated rings. The first-order chi connectivity index (χ1) is 10.2. The Morgan fingerprint density at radius 1 is 0.792 bits per heavy atom. The summed E-state index contributed by atoms with van der Waals surface area (Å²) >= 11 is 0. The number of allylic oxidation sites excluding steroid dienone is 8. The van der Waals surface area contributed by atoms with Crippen LogP contribution >= 0.6 is 0 Å². The van der Waals surface area contributed by atoms with Gasteiger partial charge in [0.15, 0.2) is 0 Å². The normalized spacial score (nSPS) is 16.2. The van der Waals surface area contributed by atoms with E-state index in [0.29, 0.717) is 0 Å². The van der Waals surface area contributed by atoms with E-state index in [1.54, 1.807) is 0 Å². The minimum absolute atomic E-state index is 0. The van der Waals surface area contributed by atoms with Gasteiger partial charge in [0.05, 0.1) is 0 Å². The van der Waals surface area contributed by atoms with Crippen molar-refractivity contribution in [3.8, 4) is 0 Å². The number of hydrogen-bond acceptors (Lipinski definition) is 0. The Labute approximate surface area is 169 Å². The summed E-state index contributed by atoms with van der Waals surface area (Å²) in [5.41, 5.74) is 2.71. The Hall–Kier alpha value is 0.108. The molecule has 3 heteroatoms. The quantitative estimate of drug-likeness (QED) is 0.359. The molecule has 0 nitrogen and oxygen atoms in total. The van der Waals surface area contributed by atoms with Crippen molar-refractivity contribution in [3.63, 3.8) is 0 Å². The molecule has 0 saturated heterocycles. The molecule has 0 unspecified atom stereocenters. The third-order valence-corrected chi connectivity index (χ3v) is 2.74. The Bertz CT molecular complexity index is 425. The zero-order valence-electron chi connectivity index (χ0n) is 17.1. The van der Waals surface area contributed by atoms with Gasteiger partial charge in [-0.2, -0.15) is 12.2 Å². The molecule has 0 amide bonds. The van der Waals surface area contributed by atoms with Crippen molar-refractivity contribution in [1.82, 2.24) is 0 Å². The van der Waals surface area contributed by atoms with Crippen LogP contribution in [0, 0.1) is 30.7 Å². The Balaban J connectivity index is 0. The SMILES string of the molecule is CC(C)(C1=[C-]CC=C1)C1=[C-]CC=C1.[CH2-][Si](C)(C)C.[CH2-][Si](C)(C)C.[Ti+4]. The first-order valence-electron chi connectivity index (χ1n) is 8.47. The Kier molecular flexibility index (Phi) is 12.0. The molecule has 0 aliphatic heterocycles. The summed E-state index contributed by atoms with van der Waals surface area (Å²) < 4.78 is 0. The minimum Gasteiger partial charge on any atom is -0.342 e. The van der Waals surface area contributed by atoms with E-state index in [2.05, 4.69) is 103 Å². The molecule has 24 heavy (non-hydrogen) atoms. The van der Waals surface area contributed by atoms with E-state index in [-0.39, 0.29) is 27.1 Å². The second kappa shape index (κ2) is 11.0. The summed E-state index contributed by atoms with van der Waals surface area (Å²) in [7, 11) is -1.72. The van der Waals surface area contributed by atoms with Crippen molar-refractivity contribution >= 4 is 16.1 Å². The summed E-state index contributed by atoms with van der Waals surface area (Å²) in [5.74, 6) is 0. The maximum atomic E-state index is 3.91. The Morgan fingerprint density at radius 2 is 1.04 bits per heavy atom. The molecule has 0 aromatic carbocycles. The van der Waals surface area contributed by atoms with Crippen molar-refractivity contribution in [2.45, 2.75) is 66.0 Å². The van der Waals surface area contributed by atoms with Crippen molar-refractivity contribution in [2.75, 3.05) is 0 Å². The van der Waals surface area contributed by atoms with Gasteiger partial charge < -0.3 is 13.1 Å². The molecule has 2 aliphatic rings. The van der Waals surface area contributed by atoms with Crippen molar-refractivity contribution in [1.29, 1.82) is 0 Å². The molecule has 0 saturated carbocycles. The molecule has 2 rings (SSSR count). The van der Waals surface area contributed by atoms with Crippen molar-refractivity contribution in [2.24, 2.45) is 5.41 Å². The molecular weight excluding hydrogens is 356 g/mol. The van der Waals surface area contributed by atoms with E-state index in [4.69, 9.17) is 0 Å². The molecular formula is C21H36Si2Ti. The van der Waals surface area contributed by atoms with Gasteiger partial charge in [-0.1, -0.05) is 58.5 Å². The fraction of sp³-hybridized carbons (Fsp3) is 0.524. The predicted molar refractivity (Wildman–Crippen MR) is 112 cm³/mol. The average Bonchev–Trinajstić information content (AvgIpc) is 2.99. The maximum absolute atomic E-state index is 3.91. The molecule has 132 valence electrons. The number of hydrogen-bond donors (Lipinski definition) is 0. The van der Waals surface area contributed by atoms with Crippen LogP contribution in [0.3, 0.4) is 0 Å². The van der Waals surface area contributed by atoms with Gasteiger partial charge in [0, 0.05) is 0 Å². The van der Waals surface area contributed by atoms with E-state index in [1.165, 1.54) is 11.1 Å². The fourth-order valence-corrected chi connectivity index (χ4v) is 1.81. The van der Waals surface area contributed by atoms with Gasteiger partial charge in [0.25, 0.3) is 0 Å². The smallest absolute Gasteiger partial charge is 0.342 e. The van der Waals surface area contributed by atoms with E-state index in [0.717, 1.165) is 12.8 Å². The van der Waals surface area contributed by atoms with Crippen LogP contribution in [0.1, 0.15) is 26.7 Å². The summed E-state index contributed by atoms with van der Waals surface area (Å²) in [6.07, 6.45) is 17.4. The van der Waals surface area contributed by atoms with Crippen LogP contribution in [0.15, 0.2) is 35.5 Å². The van der Waals surface area contributed by atoms with E-state index in [9.17, 15) is 0 Å². The second-order valence-corrected chi connectivity index (χ2v) is 19.4. The summed E-state index contributed by atoms with van der Waals surface area (Å²) in [5, 5.41) is 0. The summed E-state index contributed by atoms with van der Waals surface area (Å²) in [4.78, 5) is 0. The average molecular weight is 393 g/mol. The van der Waals surface area contributed by atoms with Crippen molar-refractivity contribution in [3.05, 3.63) is 60.7 Å². The van der Waals surface area contributed by atoms with Gasteiger partial charge in [0.1, 0.15) is 0 Å². The third-order valence-electron chi connectivity index (χ3n) is 2.74. The van der Waals surface area contributed by atoms with Crippen LogP contribution in [0.5, 0.6) is 0 Å². The molecule has 0 bridgehead atoms. The topological polar surface area (TPSA) is 0 Å². The predicted octanol–water partition coefficient (Wildman–Crippen LogP) is 6.78. The van der Waals surface area contributed by atoms with Gasteiger partial charge in [-0.15, -0.1) is 29.0 Å². The van der Waals surface area contributed by atoms with Crippen LogP contribution in [0.2, 0.25) is 39.3 Å².